The van der Waals surface area contributed by atoms with Crippen LogP contribution in [0.15, 0.2) is 48.8 Å². The molecule has 0 amide bonds. The minimum atomic E-state index is -1.23. The quantitative estimate of drug-likeness (QED) is 0.128. The van der Waals surface area contributed by atoms with Crippen LogP contribution in [0.1, 0.15) is 84.6 Å². The fourth-order valence-corrected chi connectivity index (χ4v) is 8.19. The predicted molar refractivity (Wildman–Crippen MR) is 213 cm³/mol. The Bertz CT molecular complexity index is 2060. The molecule has 2 aromatic carbocycles. The highest BCUT2D eigenvalue weighted by molar-refractivity contribution is 5.97. The monoisotopic (exact) mass is 795 g/mol. The van der Waals surface area contributed by atoms with Gasteiger partial charge in [0.2, 0.25) is 0 Å². The highest BCUT2D eigenvalue weighted by atomic mass is 19.2. The Kier molecular flexibility index (Phi) is 12.9. The van der Waals surface area contributed by atoms with Gasteiger partial charge < -0.3 is 30.9 Å². The van der Waals surface area contributed by atoms with Gasteiger partial charge in [0.15, 0.2) is 0 Å². The van der Waals surface area contributed by atoms with Crippen molar-refractivity contribution >= 4 is 50.6 Å². The Morgan fingerprint density at radius 1 is 0.789 bits per heavy atom. The van der Waals surface area contributed by atoms with E-state index < -0.39 is 23.2 Å². The minimum Gasteiger partial charge on any atom is -0.481 e. The van der Waals surface area contributed by atoms with Gasteiger partial charge in [-0.15, -0.1) is 0 Å². The molecule has 10 nitrogen and oxygen atoms in total. The number of nitrogen functional groups attached to an aromatic ring is 1. The van der Waals surface area contributed by atoms with E-state index in [1.165, 1.54) is 38.1 Å². The van der Waals surface area contributed by atoms with Crippen LogP contribution in [0.3, 0.4) is 0 Å². The SMILES string of the molecule is CC1(F)CC(C(=O)O)C1.C[C@@H]1C[C@H](Nc2c(CC(=O)C3CC(C)(F)C3)cnc3ccc(F)cc23)CCO1.C[C@@H]1C[C@H](Nc2c(N)cnc3ccc(F)cc23)CCO1. The first kappa shape index (κ1) is 42.1. The van der Waals surface area contributed by atoms with Crippen LogP contribution in [0.2, 0.25) is 0 Å². The number of nitrogens with two attached hydrogens (primary N) is 1. The third-order valence-electron chi connectivity index (χ3n) is 11.3. The molecule has 14 heteroatoms. The molecule has 2 aliphatic heterocycles. The number of aliphatic carboxylic acids is 1. The minimum absolute atomic E-state index is 0.0241. The van der Waals surface area contributed by atoms with E-state index in [1.807, 2.05) is 6.92 Å². The number of ether oxygens (including phenoxy) is 2. The van der Waals surface area contributed by atoms with E-state index in [0.29, 0.717) is 23.2 Å². The zero-order chi connectivity index (χ0) is 41.1. The normalized spacial score (nSPS) is 29.4. The number of aromatic nitrogens is 2. The Labute approximate surface area is 330 Å². The Hall–Kier alpha value is -4.56. The second-order valence-corrected chi connectivity index (χ2v) is 16.7. The van der Waals surface area contributed by atoms with E-state index in [1.54, 1.807) is 24.5 Å². The lowest BCUT2D eigenvalue weighted by atomic mass is 9.70. The molecule has 2 saturated carbocycles. The van der Waals surface area contributed by atoms with Gasteiger partial charge in [-0.3, -0.25) is 19.6 Å². The first-order valence-corrected chi connectivity index (χ1v) is 19.8. The molecule has 2 saturated heterocycles. The first-order chi connectivity index (χ1) is 26.9. The summed E-state index contributed by atoms with van der Waals surface area (Å²) >= 11 is 0. The number of carbonyl (C=O) groups excluding carboxylic acids is 1. The molecule has 4 aliphatic rings. The molecular formula is C43H53F4N5O5. The standard InChI is InChI=1S/C22H26F2N2O2.C15H18FN3O.C6H9FO2/c1-13-7-17(5-6-28-13)26-21-14(8-20(27)15-10-22(2,24)11-15)12-25-19-4-3-16(23)9-18(19)21;1-9-6-11(4-5-20-9)19-15-12-7-10(16)2-3-14(12)18-8-13(15)17;1-6(7)2-4(3-6)5(8)9/h3-4,9,12-13,15,17H,5-8,10-11H2,1-2H3,(H,25,26);2-3,7-9,11H,4-6,17H2,1H3,(H,18,19);4H,2-3H2,1H3,(H,8,9)/t13-,15?,17-,22?;9-,11-;/m11./s1. The average Bonchev–Trinajstić information content (AvgIpc) is 3.12. The molecule has 2 aromatic heterocycles. The lowest BCUT2D eigenvalue weighted by molar-refractivity contribution is -0.150. The van der Waals surface area contributed by atoms with Crippen molar-refractivity contribution in [2.75, 3.05) is 29.6 Å². The van der Waals surface area contributed by atoms with Crippen LogP contribution in [0.25, 0.3) is 21.8 Å². The van der Waals surface area contributed by atoms with Gasteiger partial charge in [-0.05, 0) is 115 Å². The van der Waals surface area contributed by atoms with Gasteiger partial charge in [-0.2, -0.15) is 0 Å². The zero-order valence-corrected chi connectivity index (χ0v) is 32.9. The van der Waals surface area contributed by atoms with E-state index in [2.05, 4.69) is 27.5 Å². The van der Waals surface area contributed by atoms with Gasteiger partial charge in [0, 0.05) is 65.9 Å². The maximum atomic E-state index is 13.9. The van der Waals surface area contributed by atoms with Crippen LogP contribution in [-0.4, -0.2) is 75.7 Å². The maximum Gasteiger partial charge on any atom is 0.306 e. The Balaban J connectivity index is 0.000000164. The lowest BCUT2D eigenvalue weighted by Gasteiger charge is -2.37. The second-order valence-electron chi connectivity index (χ2n) is 16.7. The molecule has 2 aliphatic carbocycles. The number of rotatable bonds is 8. The number of nitrogens with one attached hydrogen (secondary N) is 2. The third-order valence-corrected chi connectivity index (χ3v) is 11.3. The van der Waals surface area contributed by atoms with Gasteiger partial charge in [0.05, 0.1) is 46.7 Å². The van der Waals surface area contributed by atoms with Crippen molar-refractivity contribution in [1.82, 2.24) is 9.97 Å². The summed E-state index contributed by atoms with van der Waals surface area (Å²) in [6.07, 6.45) is 8.32. The van der Waals surface area contributed by atoms with Crippen LogP contribution in [0, 0.1) is 23.5 Å². The smallest absolute Gasteiger partial charge is 0.306 e. The van der Waals surface area contributed by atoms with Gasteiger partial charge >= 0.3 is 5.97 Å². The fourth-order valence-electron chi connectivity index (χ4n) is 8.19. The molecule has 4 fully saturated rings. The number of hydrogen-bond donors (Lipinski definition) is 4. The van der Waals surface area contributed by atoms with Gasteiger partial charge in [-0.1, -0.05) is 0 Å². The molecule has 5 N–H and O–H groups in total. The largest absolute Gasteiger partial charge is 0.481 e. The molecule has 4 aromatic rings. The summed E-state index contributed by atoms with van der Waals surface area (Å²) in [5, 5.41) is 16.7. The van der Waals surface area contributed by atoms with E-state index >= 15 is 0 Å². The topological polar surface area (TPSA) is 149 Å². The number of pyridine rings is 2. The number of Topliss-reactive ketones (excluding diaryl/α,β-unsaturated/α-hetero) is 1. The van der Waals surface area contributed by atoms with Crippen molar-refractivity contribution in [3.05, 3.63) is 66.0 Å². The molecule has 308 valence electrons. The van der Waals surface area contributed by atoms with E-state index in [0.717, 1.165) is 60.1 Å². The number of carboxylic acids is 1. The van der Waals surface area contributed by atoms with Gasteiger partial charge in [0.1, 0.15) is 28.8 Å². The number of fused-ring (bicyclic) bond motifs is 2. The van der Waals surface area contributed by atoms with Crippen LogP contribution in [0.4, 0.5) is 34.6 Å². The molecule has 4 heterocycles. The Morgan fingerprint density at radius 3 is 1.74 bits per heavy atom. The molecule has 57 heavy (non-hydrogen) atoms. The van der Waals surface area contributed by atoms with Crippen molar-refractivity contribution in [3.63, 3.8) is 0 Å². The number of ketones is 1. The molecule has 0 radical (unpaired) electrons. The second kappa shape index (κ2) is 17.5. The van der Waals surface area contributed by atoms with Gasteiger partial charge in [-0.25, -0.2) is 17.6 Å². The maximum absolute atomic E-state index is 13.9. The number of halogens is 4. The summed E-state index contributed by atoms with van der Waals surface area (Å²) in [7, 11) is 0. The summed E-state index contributed by atoms with van der Waals surface area (Å²) in [5.41, 5.74) is 7.82. The number of anilines is 3. The van der Waals surface area contributed by atoms with Crippen LogP contribution in [0.5, 0.6) is 0 Å². The highest BCUT2D eigenvalue weighted by Gasteiger charge is 2.45. The first-order valence-electron chi connectivity index (χ1n) is 19.8. The van der Waals surface area contributed by atoms with Crippen molar-refractivity contribution in [2.24, 2.45) is 11.8 Å². The highest BCUT2D eigenvalue weighted by Crippen LogP contribution is 2.43. The molecule has 4 atom stereocenters. The number of carboxylic acid groups (broad SMARTS) is 1. The van der Waals surface area contributed by atoms with Crippen LogP contribution < -0.4 is 16.4 Å². The Morgan fingerprint density at radius 2 is 1.26 bits per heavy atom. The third kappa shape index (κ3) is 10.9. The average molecular weight is 796 g/mol. The van der Waals surface area contributed by atoms with E-state index in [4.69, 9.17) is 20.3 Å². The number of alkyl halides is 2. The van der Waals surface area contributed by atoms with Crippen LogP contribution in [-0.2, 0) is 25.5 Å². The van der Waals surface area contributed by atoms with Crippen molar-refractivity contribution in [1.29, 1.82) is 0 Å². The van der Waals surface area contributed by atoms with Crippen LogP contribution >= 0.6 is 0 Å². The van der Waals surface area contributed by atoms with E-state index in [-0.39, 0.29) is 79.7 Å². The predicted octanol–water partition coefficient (Wildman–Crippen LogP) is 8.75. The van der Waals surface area contributed by atoms with Crippen molar-refractivity contribution in [2.45, 2.75) is 121 Å². The van der Waals surface area contributed by atoms with Crippen molar-refractivity contribution < 1.29 is 41.7 Å². The molecule has 8 rings (SSSR count). The van der Waals surface area contributed by atoms with E-state index in [9.17, 15) is 27.2 Å². The fraction of sp³-hybridized carbons (Fsp3) is 0.535. The summed E-state index contributed by atoms with van der Waals surface area (Å²) in [6.45, 7) is 8.47. The number of carbonyl (C=O) groups is 2. The number of hydrogen-bond acceptors (Lipinski definition) is 9. The molecule has 0 unspecified atom stereocenters. The number of benzene rings is 2. The zero-order valence-electron chi connectivity index (χ0n) is 32.9. The number of nitrogens with zero attached hydrogens (tertiary/aromatic N) is 2. The van der Waals surface area contributed by atoms with Crippen molar-refractivity contribution in [3.8, 4) is 0 Å². The summed E-state index contributed by atoms with van der Waals surface area (Å²) in [6, 6.07) is 9.52. The van der Waals surface area contributed by atoms with Gasteiger partial charge in [0.25, 0.3) is 0 Å². The summed E-state index contributed by atoms with van der Waals surface area (Å²) in [5.74, 6) is -2.14. The lowest BCUT2D eigenvalue weighted by Crippen LogP contribution is -2.41. The summed E-state index contributed by atoms with van der Waals surface area (Å²) < 4.78 is 64.9. The summed E-state index contributed by atoms with van der Waals surface area (Å²) in [4.78, 5) is 31.4. The molecular weight excluding hydrogens is 742 g/mol. The molecule has 0 spiro atoms. The molecule has 0 bridgehead atoms.